The number of hydrogen-bond donors (Lipinski definition) is 0. The van der Waals surface area contributed by atoms with Crippen LogP contribution < -0.4 is 4.90 Å². The van der Waals surface area contributed by atoms with Crippen LogP contribution in [0.4, 0.5) is 5.82 Å². The lowest BCUT2D eigenvalue weighted by Crippen LogP contribution is -2.42. The van der Waals surface area contributed by atoms with E-state index in [0.29, 0.717) is 11.8 Å². The van der Waals surface area contributed by atoms with Gasteiger partial charge < -0.3 is 9.80 Å². The number of piperidine rings is 1. The van der Waals surface area contributed by atoms with Crippen LogP contribution in [0, 0.1) is 5.92 Å². The van der Waals surface area contributed by atoms with Gasteiger partial charge in [0.25, 0.3) is 0 Å². The smallest absolute Gasteiger partial charge is 0.225 e. The molecule has 0 atom stereocenters. The molecule has 2 heterocycles. The van der Waals surface area contributed by atoms with Crippen molar-refractivity contribution in [3.8, 4) is 0 Å². The molecule has 1 aliphatic heterocycles. The molecular formula is C17H26N4O. The standard InChI is InChI=1S/C17H26N4O/c1-3-20(4-2)17(22)14-8-11-21(12-9-14)15-7-10-18-16(19-15)13-5-6-13/h7,10,13-14H,3-6,8-9,11-12H2,1-2H3. The molecule has 1 saturated carbocycles. The molecule has 0 spiro atoms. The molecule has 1 amide bonds. The van der Waals surface area contributed by atoms with Crippen LogP contribution in [-0.2, 0) is 4.79 Å². The summed E-state index contributed by atoms with van der Waals surface area (Å²) in [6.45, 7) is 7.56. The maximum Gasteiger partial charge on any atom is 0.225 e. The van der Waals surface area contributed by atoms with Gasteiger partial charge in [-0.1, -0.05) is 0 Å². The van der Waals surface area contributed by atoms with E-state index < -0.39 is 0 Å². The van der Waals surface area contributed by atoms with Gasteiger partial charge in [0.05, 0.1) is 0 Å². The Balaban J connectivity index is 1.59. The second-order valence-electron chi connectivity index (χ2n) is 6.32. The molecule has 1 aromatic rings. The molecule has 3 rings (SSSR count). The molecule has 2 aliphatic rings. The number of amides is 1. The summed E-state index contributed by atoms with van der Waals surface area (Å²) in [5.41, 5.74) is 0. The van der Waals surface area contributed by atoms with Crippen molar-refractivity contribution in [3.05, 3.63) is 18.1 Å². The van der Waals surface area contributed by atoms with Crippen LogP contribution in [0.2, 0.25) is 0 Å². The maximum atomic E-state index is 12.4. The van der Waals surface area contributed by atoms with Gasteiger partial charge in [-0.3, -0.25) is 4.79 Å². The number of rotatable bonds is 5. The minimum Gasteiger partial charge on any atom is -0.356 e. The van der Waals surface area contributed by atoms with Crippen molar-refractivity contribution < 1.29 is 4.79 Å². The van der Waals surface area contributed by atoms with Gasteiger partial charge in [-0.2, -0.15) is 0 Å². The maximum absolute atomic E-state index is 12.4. The van der Waals surface area contributed by atoms with Gasteiger partial charge in [0.2, 0.25) is 5.91 Å². The molecule has 0 radical (unpaired) electrons. The van der Waals surface area contributed by atoms with Crippen LogP contribution in [0.5, 0.6) is 0 Å². The normalized spacial score (nSPS) is 19.3. The second kappa shape index (κ2) is 6.63. The number of hydrogen-bond acceptors (Lipinski definition) is 4. The third-order valence-corrected chi connectivity index (χ3v) is 4.85. The van der Waals surface area contributed by atoms with Crippen LogP contribution in [0.3, 0.4) is 0 Å². The molecule has 1 aliphatic carbocycles. The van der Waals surface area contributed by atoms with E-state index in [9.17, 15) is 4.79 Å². The first-order chi connectivity index (χ1) is 10.7. The van der Waals surface area contributed by atoms with Crippen molar-refractivity contribution in [3.63, 3.8) is 0 Å². The highest BCUT2D eigenvalue weighted by Crippen LogP contribution is 2.38. The van der Waals surface area contributed by atoms with E-state index >= 15 is 0 Å². The summed E-state index contributed by atoms with van der Waals surface area (Å²) in [5, 5.41) is 0. The second-order valence-corrected chi connectivity index (χ2v) is 6.32. The summed E-state index contributed by atoms with van der Waals surface area (Å²) in [5.74, 6) is 3.12. The number of carbonyl (C=O) groups is 1. The summed E-state index contributed by atoms with van der Waals surface area (Å²) < 4.78 is 0. The monoisotopic (exact) mass is 302 g/mol. The molecule has 0 unspecified atom stereocenters. The Morgan fingerprint density at radius 3 is 2.50 bits per heavy atom. The van der Waals surface area contributed by atoms with Crippen molar-refractivity contribution in [1.82, 2.24) is 14.9 Å². The van der Waals surface area contributed by atoms with Crippen molar-refractivity contribution in [1.29, 1.82) is 0 Å². The van der Waals surface area contributed by atoms with E-state index in [1.807, 2.05) is 17.2 Å². The molecule has 22 heavy (non-hydrogen) atoms. The van der Waals surface area contributed by atoms with Crippen molar-refractivity contribution in [2.24, 2.45) is 5.92 Å². The van der Waals surface area contributed by atoms with Crippen LogP contribution in [0.1, 0.15) is 51.3 Å². The molecule has 5 heteroatoms. The zero-order valence-electron chi connectivity index (χ0n) is 13.7. The molecule has 120 valence electrons. The fraction of sp³-hybridized carbons (Fsp3) is 0.706. The summed E-state index contributed by atoms with van der Waals surface area (Å²) in [4.78, 5) is 25.8. The Morgan fingerprint density at radius 2 is 1.91 bits per heavy atom. The quantitative estimate of drug-likeness (QED) is 0.838. The fourth-order valence-electron chi connectivity index (χ4n) is 3.23. The largest absolute Gasteiger partial charge is 0.356 e. The summed E-state index contributed by atoms with van der Waals surface area (Å²) in [7, 11) is 0. The topological polar surface area (TPSA) is 49.3 Å². The Morgan fingerprint density at radius 1 is 1.23 bits per heavy atom. The molecule has 0 aromatic carbocycles. The van der Waals surface area contributed by atoms with Crippen LogP contribution in [-0.4, -0.2) is 47.0 Å². The summed E-state index contributed by atoms with van der Waals surface area (Å²) >= 11 is 0. The Kier molecular flexibility index (Phi) is 4.60. The first-order valence-electron chi connectivity index (χ1n) is 8.59. The van der Waals surface area contributed by atoms with Gasteiger partial charge in [0.15, 0.2) is 0 Å². The highest BCUT2D eigenvalue weighted by atomic mass is 16.2. The zero-order chi connectivity index (χ0) is 15.5. The highest BCUT2D eigenvalue weighted by molar-refractivity contribution is 5.79. The van der Waals surface area contributed by atoms with Gasteiger partial charge >= 0.3 is 0 Å². The predicted octanol–water partition coefficient (Wildman–Crippen LogP) is 2.44. The average Bonchev–Trinajstić information content (AvgIpc) is 3.41. The van der Waals surface area contributed by atoms with Crippen molar-refractivity contribution in [2.75, 3.05) is 31.1 Å². The Hall–Kier alpha value is -1.65. The zero-order valence-corrected chi connectivity index (χ0v) is 13.7. The molecule has 2 fully saturated rings. The molecular weight excluding hydrogens is 276 g/mol. The minimum atomic E-state index is 0.181. The van der Waals surface area contributed by atoms with E-state index in [-0.39, 0.29) is 5.92 Å². The summed E-state index contributed by atoms with van der Waals surface area (Å²) in [6.07, 6.45) is 6.19. The lowest BCUT2D eigenvalue weighted by atomic mass is 9.95. The van der Waals surface area contributed by atoms with Gasteiger partial charge in [0.1, 0.15) is 11.6 Å². The van der Waals surface area contributed by atoms with Crippen molar-refractivity contribution in [2.45, 2.75) is 45.4 Å². The molecule has 5 nitrogen and oxygen atoms in total. The lowest BCUT2D eigenvalue weighted by Gasteiger charge is -2.34. The van der Waals surface area contributed by atoms with Gasteiger partial charge in [-0.15, -0.1) is 0 Å². The molecule has 0 bridgehead atoms. The first-order valence-corrected chi connectivity index (χ1v) is 8.59. The fourth-order valence-corrected chi connectivity index (χ4v) is 3.23. The molecule has 0 N–H and O–H groups in total. The number of nitrogens with zero attached hydrogens (tertiary/aromatic N) is 4. The van der Waals surface area contributed by atoms with E-state index in [4.69, 9.17) is 4.98 Å². The summed E-state index contributed by atoms with van der Waals surface area (Å²) in [6, 6.07) is 2.00. The van der Waals surface area contributed by atoms with Gasteiger partial charge in [-0.25, -0.2) is 9.97 Å². The minimum absolute atomic E-state index is 0.181. The van der Waals surface area contributed by atoms with Crippen molar-refractivity contribution >= 4 is 11.7 Å². The SMILES string of the molecule is CCN(CC)C(=O)C1CCN(c2ccnc(C3CC3)n2)CC1. The van der Waals surface area contributed by atoms with E-state index in [0.717, 1.165) is 50.7 Å². The van der Waals surface area contributed by atoms with Crippen LogP contribution in [0.25, 0.3) is 0 Å². The number of aromatic nitrogens is 2. The van der Waals surface area contributed by atoms with E-state index in [2.05, 4.69) is 23.7 Å². The molecule has 1 saturated heterocycles. The third-order valence-electron chi connectivity index (χ3n) is 4.85. The van der Waals surface area contributed by atoms with Gasteiger partial charge in [0, 0.05) is 44.2 Å². The van der Waals surface area contributed by atoms with E-state index in [1.165, 1.54) is 12.8 Å². The number of carbonyl (C=O) groups excluding carboxylic acids is 1. The van der Waals surface area contributed by atoms with E-state index in [1.54, 1.807) is 0 Å². The Bertz CT molecular complexity index is 517. The first kappa shape index (κ1) is 15.3. The van der Waals surface area contributed by atoms with Crippen LogP contribution in [0.15, 0.2) is 12.3 Å². The van der Waals surface area contributed by atoms with Gasteiger partial charge in [-0.05, 0) is 45.6 Å². The van der Waals surface area contributed by atoms with Crippen LogP contribution >= 0.6 is 0 Å². The average molecular weight is 302 g/mol. The third kappa shape index (κ3) is 3.23. The Labute approximate surface area is 132 Å². The number of anilines is 1. The lowest BCUT2D eigenvalue weighted by molar-refractivity contribution is -0.135. The highest BCUT2D eigenvalue weighted by Gasteiger charge is 2.30. The predicted molar refractivity (Wildman–Crippen MR) is 86.9 cm³/mol. The molecule has 1 aromatic heterocycles.